The van der Waals surface area contributed by atoms with Crippen molar-refractivity contribution in [3.63, 3.8) is 0 Å². The summed E-state index contributed by atoms with van der Waals surface area (Å²) in [7, 11) is 2.02. The lowest BCUT2D eigenvalue weighted by molar-refractivity contribution is -0.144. The zero-order valence-corrected chi connectivity index (χ0v) is 8.32. The minimum absolute atomic E-state index is 0.120. The molecule has 0 spiro atoms. The fraction of sp³-hybridized carbons (Fsp3) is 0.889. The largest absolute Gasteiger partial charge is 0.466 e. The molecule has 2 N–H and O–H groups in total. The first-order valence-corrected chi connectivity index (χ1v) is 4.73. The molecule has 0 aliphatic carbocycles. The molecule has 1 aliphatic heterocycles. The van der Waals surface area contributed by atoms with Gasteiger partial charge in [-0.2, -0.15) is 0 Å². The number of carbonyl (C=O) groups is 1. The molecule has 0 bridgehead atoms. The first-order chi connectivity index (χ1) is 6.13. The summed E-state index contributed by atoms with van der Waals surface area (Å²) in [6.45, 7) is 4.05. The van der Waals surface area contributed by atoms with E-state index in [2.05, 4.69) is 4.90 Å². The van der Waals surface area contributed by atoms with Gasteiger partial charge in [0, 0.05) is 19.1 Å². The number of carbonyl (C=O) groups excluding carboxylic acids is 1. The predicted molar refractivity (Wildman–Crippen MR) is 50.2 cm³/mol. The smallest absolute Gasteiger partial charge is 0.306 e. The van der Waals surface area contributed by atoms with Gasteiger partial charge < -0.3 is 15.4 Å². The normalized spacial score (nSPS) is 29.2. The van der Waals surface area contributed by atoms with Crippen LogP contribution in [0.3, 0.4) is 0 Å². The minimum atomic E-state index is -0.127. The van der Waals surface area contributed by atoms with Gasteiger partial charge in [0.2, 0.25) is 0 Å². The van der Waals surface area contributed by atoms with Crippen LogP contribution < -0.4 is 5.73 Å². The number of esters is 1. The Labute approximate surface area is 79.0 Å². The lowest BCUT2D eigenvalue weighted by Crippen LogP contribution is -2.30. The Hall–Kier alpha value is -0.610. The molecule has 13 heavy (non-hydrogen) atoms. The molecule has 4 heteroatoms. The van der Waals surface area contributed by atoms with Crippen molar-refractivity contribution in [2.75, 3.05) is 26.7 Å². The summed E-state index contributed by atoms with van der Waals surface area (Å²) >= 11 is 0. The Morgan fingerprint density at radius 3 is 2.77 bits per heavy atom. The fourth-order valence-corrected chi connectivity index (χ4v) is 1.77. The van der Waals surface area contributed by atoms with E-state index in [4.69, 9.17) is 10.5 Å². The van der Waals surface area contributed by atoms with Crippen LogP contribution in [0.15, 0.2) is 0 Å². The van der Waals surface area contributed by atoms with Crippen LogP contribution in [0.1, 0.15) is 13.3 Å². The van der Waals surface area contributed by atoms with Gasteiger partial charge in [-0.1, -0.05) is 0 Å². The van der Waals surface area contributed by atoms with Gasteiger partial charge in [0.25, 0.3) is 0 Å². The van der Waals surface area contributed by atoms with Gasteiger partial charge in [-0.15, -0.1) is 0 Å². The van der Waals surface area contributed by atoms with Crippen LogP contribution in [0.5, 0.6) is 0 Å². The topological polar surface area (TPSA) is 55.6 Å². The summed E-state index contributed by atoms with van der Waals surface area (Å²) in [5.74, 6) is 0.141. The van der Waals surface area contributed by atoms with Crippen LogP contribution in [0.25, 0.3) is 0 Å². The summed E-state index contributed by atoms with van der Waals surface area (Å²) in [5.41, 5.74) is 5.86. The van der Waals surface area contributed by atoms with Crippen molar-refractivity contribution in [1.82, 2.24) is 4.90 Å². The van der Waals surface area contributed by atoms with Crippen LogP contribution in [0.4, 0.5) is 0 Å². The second kappa shape index (κ2) is 4.58. The molecule has 1 saturated heterocycles. The van der Waals surface area contributed by atoms with Crippen LogP contribution in [0.2, 0.25) is 0 Å². The van der Waals surface area contributed by atoms with E-state index in [1.165, 1.54) is 0 Å². The van der Waals surface area contributed by atoms with Crippen molar-refractivity contribution in [3.05, 3.63) is 0 Å². The van der Waals surface area contributed by atoms with Crippen molar-refractivity contribution >= 4 is 5.97 Å². The van der Waals surface area contributed by atoms with Crippen molar-refractivity contribution in [1.29, 1.82) is 0 Å². The van der Waals surface area contributed by atoms with E-state index in [0.717, 1.165) is 13.1 Å². The quantitative estimate of drug-likeness (QED) is 0.622. The Bertz CT molecular complexity index is 184. The minimum Gasteiger partial charge on any atom is -0.466 e. The van der Waals surface area contributed by atoms with E-state index in [0.29, 0.717) is 13.0 Å². The monoisotopic (exact) mass is 186 g/mol. The zero-order valence-electron chi connectivity index (χ0n) is 8.32. The highest BCUT2D eigenvalue weighted by Gasteiger charge is 2.29. The molecule has 0 radical (unpaired) electrons. The maximum atomic E-state index is 11.2. The highest BCUT2D eigenvalue weighted by atomic mass is 16.5. The Morgan fingerprint density at radius 1 is 1.62 bits per heavy atom. The van der Waals surface area contributed by atoms with E-state index in [1.54, 1.807) is 0 Å². The SMILES string of the molecule is CCOC(=O)CC1CN(C)CC1N. The number of nitrogens with two attached hydrogens (primary N) is 1. The maximum absolute atomic E-state index is 11.2. The number of nitrogens with zero attached hydrogens (tertiary/aromatic N) is 1. The van der Waals surface area contributed by atoms with Crippen molar-refractivity contribution < 1.29 is 9.53 Å². The Kier molecular flexibility index (Phi) is 3.69. The first-order valence-electron chi connectivity index (χ1n) is 4.73. The average molecular weight is 186 g/mol. The molecule has 1 heterocycles. The summed E-state index contributed by atoms with van der Waals surface area (Å²) in [4.78, 5) is 13.3. The summed E-state index contributed by atoms with van der Waals surface area (Å²) < 4.78 is 4.87. The van der Waals surface area contributed by atoms with Crippen molar-refractivity contribution in [3.8, 4) is 0 Å². The molecule has 1 rings (SSSR count). The van der Waals surface area contributed by atoms with Gasteiger partial charge in [0.15, 0.2) is 0 Å². The molecule has 0 aromatic heterocycles. The standard InChI is InChI=1S/C9H18N2O2/c1-3-13-9(12)4-7-5-11(2)6-8(7)10/h7-8H,3-6,10H2,1-2H3. The molecule has 2 atom stereocenters. The fourth-order valence-electron chi connectivity index (χ4n) is 1.77. The van der Waals surface area contributed by atoms with Crippen LogP contribution >= 0.6 is 0 Å². The molecule has 1 fully saturated rings. The Morgan fingerprint density at radius 2 is 2.31 bits per heavy atom. The predicted octanol–water partition coefficient (Wildman–Crippen LogP) is -0.171. The van der Waals surface area contributed by atoms with Crippen LogP contribution in [-0.2, 0) is 9.53 Å². The number of ether oxygens (including phenoxy) is 1. The summed E-state index contributed by atoms with van der Waals surface area (Å²) in [5, 5.41) is 0. The second-order valence-electron chi connectivity index (χ2n) is 3.65. The number of hydrogen-bond donors (Lipinski definition) is 1. The third kappa shape index (κ3) is 2.97. The van der Waals surface area contributed by atoms with Gasteiger partial charge >= 0.3 is 5.97 Å². The molecule has 0 aromatic rings. The lowest BCUT2D eigenvalue weighted by atomic mass is 10.0. The second-order valence-corrected chi connectivity index (χ2v) is 3.65. The third-order valence-electron chi connectivity index (χ3n) is 2.41. The number of rotatable bonds is 3. The van der Waals surface area contributed by atoms with Crippen LogP contribution in [0, 0.1) is 5.92 Å². The van der Waals surface area contributed by atoms with Gasteiger partial charge in [0.05, 0.1) is 13.0 Å². The van der Waals surface area contributed by atoms with Crippen molar-refractivity contribution in [2.45, 2.75) is 19.4 Å². The highest BCUT2D eigenvalue weighted by Crippen LogP contribution is 2.17. The van der Waals surface area contributed by atoms with E-state index >= 15 is 0 Å². The lowest BCUT2D eigenvalue weighted by Gasteiger charge is -2.12. The van der Waals surface area contributed by atoms with E-state index in [-0.39, 0.29) is 17.9 Å². The zero-order chi connectivity index (χ0) is 9.84. The Balaban J connectivity index is 2.32. The van der Waals surface area contributed by atoms with Gasteiger partial charge in [-0.05, 0) is 19.9 Å². The molecule has 0 saturated carbocycles. The van der Waals surface area contributed by atoms with Crippen molar-refractivity contribution in [2.24, 2.45) is 11.7 Å². The molecule has 4 nitrogen and oxygen atoms in total. The van der Waals surface area contributed by atoms with E-state index in [9.17, 15) is 4.79 Å². The molecular weight excluding hydrogens is 168 g/mol. The van der Waals surface area contributed by atoms with Gasteiger partial charge in [-0.25, -0.2) is 0 Å². The van der Waals surface area contributed by atoms with Crippen LogP contribution in [-0.4, -0.2) is 43.7 Å². The van der Waals surface area contributed by atoms with E-state index in [1.807, 2.05) is 14.0 Å². The molecular formula is C9H18N2O2. The number of likely N-dealkylation sites (tertiary alicyclic amines) is 1. The van der Waals surface area contributed by atoms with E-state index < -0.39 is 0 Å². The number of likely N-dealkylation sites (N-methyl/N-ethyl adjacent to an activating group) is 1. The average Bonchev–Trinajstić information content (AvgIpc) is 2.30. The molecule has 76 valence electrons. The maximum Gasteiger partial charge on any atom is 0.306 e. The number of hydrogen-bond acceptors (Lipinski definition) is 4. The summed E-state index contributed by atoms with van der Waals surface area (Å²) in [6.07, 6.45) is 0.458. The molecule has 0 aromatic carbocycles. The summed E-state index contributed by atoms with van der Waals surface area (Å²) in [6, 6.07) is 0.120. The molecule has 0 amide bonds. The van der Waals surface area contributed by atoms with Gasteiger partial charge in [0.1, 0.15) is 0 Å². The molecule has 2 unspecified atom stereocenters. The van der Waals surface area contributed by atoms with Gasteiger partial charge in [-0.3, -0.25) is 4.79 Å². The highest BCUT2D eigenvalue weighted by molar-refractivity contribution is 5.69. The third-order valence-corrected chi connectivity index (χ3v) is 2.41. The molecule has 1 aliphatic rings. The first kappa shape index (κ1) is 10.5.